The third-order valence-corrected chi connectivity index (χ3v) is 6.12. The van der Waals surface area contributed by atoms with E-state index in [1.54, 1.807) is 12.1 Å². The molecule has 1 aliphatic heterocycles. The first kappa shape index (κ1) is 24.6. The number of hydrogen-bond donors (Lipinski definition) is 2. The number of nitrogens with one attached hydrogen (secondary N) is 1. The summed E-state index contributed by atoms with van der Waals surface area (Å²) in [5.74, 6) is 0.235. The zero-order chi connectivity index (χ0) is 21.0. The highest BCUT2D eigenvalue weighted by atomic mass is 35.5. The number of likely N-dealkylation sites (tertiary alicyclic amines) is 1. The first-order valence-electron chi connectivity index (χ1n) is 10.0. The van der Waals surface area contributed by atoms with Gasteiger partial charge in [0.1, 0.15) is 0 Å². The van der Waals surface area contributed by atoms with E-state index in [1.165, 1.54) is 0 Å². The van der Waals surface area contributed by atoms with Crippen molar-refractivity contribution in [3.8, 4) is 0 Å². The number of benzene rings is 2. The van der Waals surface area contributed by atoms with E-state index in [-0.39, 0.29) is 23.3 Å². The molecular formula is C23H30Cl2N2O3. The molecule has 164 valence electrons. The lowest BCUT2D eigenvalue weighted by atomic mass is 9.84. The Balaban J connectivity index is 0.00000320. The second-order valence-electron chi connectivity index (χ2n) is 8.10. The molecule has 30 heavy (non-hydrogen) atoms. The zero-order valence-corrected chi connectivity index (χ0v) is 18.9. The van der Waals surface area contributed by atoms with Crippen molar-refractivity contribution in [3.05, 3.63) is 69.7 Å². The molecule has 0 bridgehead atoms. The molecule has 0 spiro atoms. The molecule has 1 atom stereocenters. The van der Waals surface area contributed by atoms with Crippen LogP contribution in [0, 0.1) is 5.92 Å². The van der Waals surface area contributed by atoms with E-state index in [0.717, 1.165) is 11.1 Å². The van der Waals surface area contributed by atoms with E-state index in [0.29, 0.717) is 42.5 Å². The van der Waals surface area contributed by atoms with Crippen LogP contribution < -0.4 is 5.32 Å². The molecule has 3 rings (SSSR count). The second kappa shape index (κ2) is 10.6. The summed E-state index contributed by atoms with van der Waals surface area (Å²) < 4.78 is 0. The van der Waals surface area contributed by atoms with Gasteiger partial charge in [0.15, 0.2) is 0 Å². The number of halogens is 2. The summed E-state index contributed by atoms with van der Waals surface area (Å²) in [5.41, 5.74) is 0.989. The van der Waals surface area contributed by atoms with E-state index in [9.17, 15) is 9.90 Å². The van der Waals surface area contributed by atoms with Crippen molar-refractivity contribution in [1.29, 1.82) is 0 Å². The third kappa shape index (κ3) is 5.96. The molecule has 0 aliphatic carbocycles. The van der Waals surface area contributed by atoms with Gasteiger partial charge in [0.05, 0.1) is 11.6 Å². The molecule has 0 saturated carbocycles. The summed E-state index contributed by atoms with van der Waals surface area (Å²) in [4.78, 5) is 15.0. The number of nitrogens with zero attached hydrogens (tertiary/aromatic N) is 1. The van der Waals surface area contributed by atoms with Gasteiger partial charge in [-0.3, -0.25) is 4.79 Å². The van der Waals surface area contributed by atoms with E-state index in [1.807, 2.05) is 55.1 Å². The first-order valence-corrected chi connectivity index (χ1v) is 10.8. The average Bonchev–Trinajstić information content (AvgIpc) is 2.69. The van der Waals surface area contributed by atoms with Crippen LogP contribution >= 0.6 is 23.2 Å². The number of hydrogen-bond acceptors (Lipinski definition) is 3. The van der Waals surface area contributed by atoms with Crippen LogP contribution in [0.5, 0.6) is 0 Å². The number of amides is 1. The van der Waals surface area contributed by atoms with Crippen LogP contribution in [0.15, 0.2) is 48.5 Å². The third-order valence-electron chi connectivity index (χ3n) is 5.63. The summed E-state index contributed by atoms with van der Waals surface area (Å²) in [6.07, 6.45) is 1.03. The lowest BCUT2D eigenvalue weighted by Crippen LogP contribution is -2.53. The van der Waals surface area contributed by atoms with Crippen LogP contribution in [-0.2, 0) is 16.9 Å². The van der Waals surface area contributed by atoms with E-state index in [4.69, 9.17) is 23.2 Å². The van der Waals surface area contributed by atoms with Gasteiger partial charge in [-0.15, -0.1) is 0 Å². The summed E-state index contributed by atoms with van der Waals surface area (Å²) in [6.45, 7) is 5.72. The summed E-state index contributed by atoms with van der Waals surface area (Å²) in [7, 11) is 0. The van der Waals surface area contributed by atoms with Crippen molar-refractivity contribution < 1.29 is 15.4 Å². The summed E-state index contributed by atoms with van der Waals surface area (Å²) >= 11 is 12.0. The Hall–Kier alpha value is -1.63. The number of aliphatic hydroxyl groups is 1. The monoisotopic (exact) mass is 452 g/mol. The smallest absolute Gasteiger partial charge is 0.239 e. The minimum Gasteiger partial charge on any atom is -0.412 e. The Morgan fingerprint density at radius 2 is 1.73 bits per heavy atom. The zero-order valence-electron chi connectivity index (χ0n) is 17.4. The van der Waals surface area contributed by atoms with Gasteiger partial charge in [-0.2, -0.15) is 0 Å². The second-order valence-corrected chi connectivity index (χ2v) is 8.97. The van der Waals surface area contributed by atoms with Gasteiger partial charge in [0.2, 0.25) is 5.91 Å². The molecular weight excluding hydrogens is 423 g/mol. The van der Waals surface area contributed by atoms with Crippen LogP contribution in [0.2, 0.25) is 10.0 Å². The van der Waals surface area contributed by atoms with Crippen molar-refractivity contribution >= 4 is 29.1 Å². The molecule has 7 heteroatoms. The maximum absolute atomic E-state index is 13.2. The minimum atomic E-state index is -0.914. The Kier molecular flexibility index (Phi) is 8.71. The quantitative estimate of drug-likeness (QED) is 0.698. The van der Waals surface area contributed by atoms with Crippen LogP contribution in [-0.4, -0.2) is 40.5 Å². The molecule has 4 N–H and O–H groups in total. The maximum atomic E-state index is 13.2. The Labute approximate surface area is 188 Å². The van der Waals surface area contributed by atoms with Crippen LogP contribution in [0.25, 0.3) is 0 Å². The van der Waals surface area contributed by atoms with Gasteiger partial charge in [-0.05, 0) is 54.2 Å². The lowest BCUT2D eigenvalue weighted by Gasteiger charge is -2.40. The van der Waals surface area contributed by atoms with Gasteiger partial charge < -0.3 is 20.8 Å². The molecule has 1 saturated heterocycles. The van der Waals surface area contributed by atoms with E-state index >= 15 is 0 Å². The Morgan fingerprint density at radius 1 is 1.10 bits per heavy atom. The van der Waals surface area contributed by atoms with Gasteiger partial charge in [-0.1, -0.05) is 61.3 Å². The number of carbonyl (C=O) groups excluding carboxylic acids is 1. The number of piperidine rings is 1. The highest BCUT2D eigenvalue weighted by Crippen LogP contribution is 2.33. The fraction of sp³-hybridized carbons (Fsp3) is 0.435. The minimum absolute atomic E-state index is 0. The maximum Gasteiger partial charge on any atom is 0.239 e. The highest BCUT2D eigenvalue weighted by Gasteiger charge is 2.37. The molecule has 2 aromatic carbocycles. The molecule has 0 radical (unpaired) electrons. The summed E-state index contributed by atoms with van der Waals surface area (Å²) in [5, 5.41) is 15.8. The SMILES string of the molecule is CC(C)[C@@H](NCc1cccc(Cl)c1)C(=O)N1CCC(O)(c2ccc(Cl)cc2)CC1.O. The van der Waals surface area contributed by atoms with Crippen molar-refractivity contribution in [2.24, 2.45) is 5.92 Å². The highest BCUT2D eigenvalue weighted by molar-refractivity contribution is 6.30. The van der Waals surface area contributed by atoms with Crippen molar-refractivity contribution in [3.63, 3.8) is 0 Å². The molecule has 0 aromatic heterocycles. The molecule has 1 aliphatic rings. The van der Waals surface area contributed by atoms with Crippen molar-refractivity contribution in [2.45, 2.75) is 44.9 Å². The van der Waals surface area contributed by atoms with Gasteiger partial charge in [0.25, 0.3) is 0 Å². The van der Waals surface area contributed by atoms with Crippen molar-refractivity contribution in [1.82, 2.24) is 10.2 Å². The van der Waals surface area contributed by atoms with Crippen LogP contribution in [0.1, 0.15) is 37.8 Å². The van der Waals surface area contributed by atoms with Gasteiger partial charge in [-0.25, -0.2) is 0 Å². The Morgan fingerprint density at radius 3 is 2.30 bits per heavy atom. The van der Waals surface area contributed by atoms with Crippen LogP contribution in [0.3, 0.4) is 0 Å². The Bertz CT molecular complexity index is 835. The molecule has 1 fully saturated rings. The largest absolute Gasteiger partial charge is 0.412 e. The number of carbonyl (C=O) groups is 1. The number of rotatable bonds is 6. The molecule has 2 aromatic rings. The van der Waals surface area contributed by atoms with Crippen molar-refractivity contribution in [2.75, 3.05) is 13.1 Å². The predicted molar refractivity (Wildman–Crippen MR) is 122 cm³/mol. The molecule has 1 amide bonds. The fourth-order valence-electron chi connectivity index (χ4n) is 3.83. The van der Waals surface area contributed by atoms with E-state index < -0.39 is 5.60 Å². The normalized spacial score (nSPS) is 16.8. The van der Waals surface area contributed by atoms with Gasteiger partial charge in [0, 0.05) is 29.7 Å². The standard InChI is InChI=1S/C23H28Cl2N2O2.H2O/c1-16(2)21(26-15-17-4-3-5-20(25)14-17)22(28)27-12-10-23(29,11-13-27)18-6-8-19(24)9-7-18;/h3-9,14,16,21,26,29H,10-13,15H2,1-2H3;1H2/t21-;/m1./s1. The van der Waals surface area contributed by atoms with Crippen LogP contribution in [0.4, 0.5) is 0 Å². The molecule has 1 heterocycles. The topological polar surface area (TPSA) is 84.1 Å². The lowest BCUT2D eigenvalue weighted by molar-refractivity contribution is -0.139. The summed E-state index contributed by atoms with van der Waals surface area (Å²) in [6, 6.07) is 14.7. The average molecular weight is 453 g/mol. The first-order chi connectivity index (χ1) is 13.8. The van der Waals surface area contributed by atoms with E-state index in [2.05, 4.69) is 5.32 Å². The fourth-order valence-corrected chi connectivity index (χ4v) is 4.16. The van der Waals surface area contributed by atoms with Gasteiger partial charge >= 0.3 is 0 Å². The predicted octanol–water partition coefficient (Wildman–Crippen LogP) is 3.79. The molecule has 5 nitrogen and oxygen atoms in total. The molecule has 0 unspecified atom stereocenters.